The van der Waals surface area contributed by atoms with Crippen LogP contribution in [0.1, 0.15) is 11.1 Å². The summed E-state index contributed by atoms with van der Waals surface area (Å²) in [5.41, 5.74) is 2.32. The Kier molecular flexibility index (Phi) is 5.66. The third-order valence-electron chi connectivity index (χ3n) is 4.18. The highest BCUT2D eigenvalue weighted by Gasteiger charge is 2.09. The van der Waals surface area contributed by atoms with Gasteiger partial charge in [-0.2, -0.15) is 0 Å². The van der Waals surface area contributed by atoms with E-state index in [9.17, 15) is 4.79 Å². The van der Waals surface area contributed by atoms with Gasteiger partial charge in [-0.15, -0.1) is 0 Å². The zero-order valence-corrected chi connectivity index (χ0v) is 16.1. The lowest BCUT2D eigenvalue weighted by Gasteiger charge is -2.12. The largest absolute Gasteiger partial charge is 0.493 e. The van der Waals surface area contributed by atoms with Gasteiger partial charge in [0.15, 0.2) is 17.3 Å². The van der Waals surface area contributed by atoms with Crippen LogP contribution in [0.15, 0.2) is 53.6 Å². The number of ether oxygens (including phenoxy) is 2. The topological polar surface area (TPSA) is 65.4 Å². The molecule has 0 aliphatic heterocycles. The van der Waals surface area contributed by atoms with Crippen molar-refractivity contribution >= 4 is 17.4 Å². The molecule has 3 aromatic rings. The molecule has 0 spiro atoms. The van der Waals surface area contributed by atoms with Gasteiger partial charge < -0.3 is 14.8 Å². The number of methoxy groups -OCH3 is 2. The first-order valence-electron chi connectivity index (χ1n) is 8.32. The highest BCUT2D eigenvalue weighted by molar-refractivity contribution is 6.31. The number of nitrogens with zero attached hydrogens (tertiary/aromatic N) is 2. The zero-order valence-electron chi connectivity index (χ0n) is 15.3. The second-order valence-corrected chi connectivity index (χ2v) is 6.33. The van der Waals surface area contributed by atoms with Crippen LogP contribution in [0.5, 0.6) is 11.5 Å². The number of aromatic nitrogens is 2. The van der Waals surface area contributed by atoms with Gasteiger partial charge in [0.05, 0.1) is 19.9 Å². The molecule has 0 saturated carbocycles. The zero-order chi connectivity index (χ0) is 19.4. The summed E-state index contributed by atoms with van der Waals surface area (Å²) in [4.78, 5) is 16.9. The Hall–Kier alpha value is -2.99. The van der Waals surface area contributed by atoms with E-state index in [1.807, 2.05) is 37.3 Å². The smallest absolute Gasteiger partial charge is 0.297 e. The van der Waals surface area contributed by atoms with Crippen LogP contribution < -0.4 is 20.3 Å². The normalized spacial score (nSPS) is 10.5. The van der Waals surface area contributed by atoms with Gasteiger partial charge in [-0.3, -0.25) is 9.36 Å². The monoisotopic (exact) mass is 385 g/mol. The minimum absolute atomic E-state index is 0.252. The summed E-state index contributed by atoms with van der Waals surface area (Å²) in [6, 6.07) is 11.1. The number of rotatable bonds is 6. The molecule has 3 rings (SSSR count). The van der Waals surface area contributed by atoms with Crippen LogP contribution in [0, 0.1) is 6.92 Å². The molecule has 140 valence electrons. The maximum absolute atomic E-state index is 12.8. The van der Waals surface area contributed by atoms with E-state index < -0.39 is 0 Å². The fourth-order valence-corrected chi connectivity index (χ4v) is 2.82. The van der Waals surface area contributed by atoms with Crippen LogP contribution in [0.3, 0.4) is 0 Å². The first-order chi connectivity index (χ1) is 13.0. The minimum Gasteiger partial charge on any atom is -0.493 e. The van der Waals surface area contributed by atoms with E-state index in [0.717, 1.165) is 11.1 Å². The Morgan fingerprint density at radius 3 is 2.59 bits per heavy atom. The maximum Gasteiger partial charge on any atom is 0.297 e. The summed E-state index contributed by atoms with van der Waals surface area (Å²) in [5, 5.41) is 3.69. The summed E-state index contributed by atoms with van der Waals surface area (Å²) < 4.78 is 12.0. The molecular weight excluding hydrogens is 366 g/mol. The molecule has 0 fully saturated rings. The molecular formula is C20H20ClN3O3. The number of halogens is 1. The number of hydrogen-bond acceptors (Lipinski definition) is 5. The predicted molar refractivity (Wildman–Crippen MR) is 106 cm³/mol. The Morgan fingerprint density at radius 2 is 1.89 bits per heavy atom. The average Bonchev–Trinajstić information content (AvgIpc) is 2.69. The molecule has 6 nitrogen and oxygen atoms in total. The van der Waals surface area contributed by atoms with Gasteiger partial charge in [0.25, 0.3) is 5.56 Å². The molecule has 0 saturated heterocycles. The number of anilines is 1. The molecule has 0 atom stereocenters. The summed E-state index contributed by atoms with van der Waals surface area (Å²) in [7, 11) is 3.17. The van der Waals surface area contributed by atoms with E-state index in [4.69, 9.17) is 21.1 Å². The minimum atomic E-state index is -0.252. The van der Waals surface area contributed by atoms with Crippen LogP contribution in [0.4, 0.5) is 5.82 Å². The van der Waals surface area contributed by atoms with Crippen molar-refractivity contribution in [3.8, 4) is 17.2 Å². The van der Waals surface area contributed by atoms with E-state index in [-0.39, 0.29) is 11.4 Å². The molecule has 1 aromatic heterocycles. The van der Waals surface area contributed by atoms with Crippen molar-refractivity contribution in [1.29, 1.82) is 0 Å². The lowest BCUT2D eigenvalue weighted by Crippen LogP contribution is -2.23. The Labute approximate surface area is 162 Å². The van der Waals surface area contributed by atoms with Crippen LogP contribution >= 0.6 is 11.6 Å². The fourth-order valence-electron chi connectivity index (χ4n) is 2.64. The molecule has 0 amide bonds. The van der Waals surface area contributed by atoms with Gasteiger partial charge >= 0.3 is 0 Å². The highest BCUT2D eigenvalue weighted by atomic mass is 35.5. The van der Waals surface area contributed by atoms with Crippen LogP contribution in [-0.4, -0.2) is 23.8 Å². The van der Waals surface area contributed by atoms with Gasteiger partial charge in [0.1, 0.15) is 0 Å². The average molecular weight is 386 g/mol. The van der Waals surface area contributed by atoms with Crippen LogP contribution in [-0.2, 0) is 6.54 Å². The number of benzene rings is 2. The highest BCUT2D eigenvalue weighted by Crippen LogP contribution is 2.27. The molecule has 0 unspecified atom stereocenters. The van der Waals surface area contributed by atoms with Gasteiger partial charge in [-0.1, -0.05) is 23.7 Å². The molecule has 7 heteroatoms. The van der Waals surface area contributed by atoms with E-state index in [0.29, 0.717) is 28.8 Å². The van der Waals surface area contributed by atoms with E-state index in [2.05, 4.69) is 10.3 Å². The third-order valence-corrected chi connectivity index (χ3v) is 4.59. The Bertz CT molecular complexity index is 1020. The van der Waals surface area contributed by atoms with Crippen molar-refractivity contribution < 1.29 is 9.47 Å². The van der Waals surface area contributed by atoms with Gasteiger partial charge in [-0.05, 0) is 42.3 Å². The molecule has 0 radical (unpaired) electrons. The summed E-state index contributed by atoms with van der Waals surface area (Å²) in [6.07, 6.45) is 3.19. The second-order valence-electron chi connectivity index (χ2n) is 5.93. The molecule has 0 aliphatic carbocycles. The van der Waals surface area contributed by atoms with Crippen LogP contribution in [0.2, 0.25) is 5.02 Å². The fraction of sp³-hybridized carbons (Fsp3) is 0.200. The van der Waals surface area contributed by atoms with Gasteiger partial charge in [0.2, 0.25) is 0 Å². The quantitative estimate of drug-likeness (QED) is 0.698. The van der Waals surface area contributed by atoms with Gasteiger partial charge in [-0.25, -0.2) is 4.98 Å². The molecule has 0 aliphatic rings. The summed E-state index contributed by atoms with van der Waals surface area (Å²) >= 11 is 6.18. The molecule has 2 aromatic carbocycles. The standard InChI is InChI=1S/C20H20ClN3O3/c1-13-4-6-15(11-16(13)21)24-9-8-22-19(20(24)25)23-12-14-5-7-17(26-2)18(10-14)27-3/h4-11H,12H2,1-3H3,(H,22,23). The summed E-state index contributed by atoms with van der Waals surface area (Å²) in [5.74, 6) is 1.53. The lowest BCUT2D eigenvalue weighted by molar-refractivity contribution is 0.354. The van der Waals surface area contributed by atoms with Crippen molar-refractivity contribution in [3.63, 3.8) is 0 Å². The van der Waals surface area contributed by atoms with Crippen molar-refractivity contribution in [2.75, 3.05) is 19.5 Å². The Morgan fingerprint density at radius 1 is 1.11 bits per heavy atom. The molecule has 1 heterocycles. The third kappa shape index (κ3) is 4.06. The van der Waals surface area contributed by atoms with E-state index >= 15 is 0 Å². The van der Waals surface area contributed by atoms with Gasteiger partial charge in [0, 0.05) is 24.0 Å². The number of aryl methyl sites for hydroxylation is 1. The molecule has 0 bridgehead atoms. The molecule has 27 heavy (non-hydrogen) atoms. The number of nitrogens with one attached hydrogen (secondary N) is 1. The van der Waals surface area contributed by atoms with Crippen molar-refractivity contribution in [2.24, 2.45) is 0 Å². The first kappa shape index (κ1) is 18.8. The van der Waals surface area contributed by atoms with Crippen molar-refractivity contribution in [1.82, 2.24) is 9.55 Å². The lowest BCUT2D eigenvalue weighted by atomic mass is 10.2. The molecule has 1 N–H and O–H groups in total. The predicted octanol–water partition coefficient (Wildman–Crippen LogP) is 3.82. The maximum atomic E-state index is 12.8. The Balaban J connectivity index is 1.84. The van der Waals surface area contributed by atoms with Crippen molar-refractivity contribution in [3.05, 3.63) is 75.3 Å². The first-order valence-corrected chi connectivity index (χ1v) is 8.70. The van der Waals surface area contributed by atoms with Crippen molar-refractivity contribution in [2.45, 2.75) is 13.5 Å². The summed E-state index contributed by atoms with van der Waals surface area (Å²) in [6.45, 7) is 2.33. The number of hydrogen-bond donors (Lipinski definition) is 1. The van der Waals surface area contributed by atoms with E-state index in [1.54, 1.807) is 32.7 Å². The van der Waals surface area contributed by atoms with E-state index in [1.165, 1.54) is 4.57 Å². The second kappa shape index (κ2) is 8.14. The SMILES string of the molecule is COc1ccc(CNc2nccn(-c3ccc(C)c(Cl)c3)c2=O)cc1OC. The van der Waals surface area contributed by atoms with Crippen LogP contribution in [0.25, 0.3) is 5.69 Å².